The molecule has 4 fully saturated rings. The molecule has 0 heterocycles. The average Bonchev–Trinajstić information content (AvgIpc) is 2.82. The van der Waals surface area contributed by atoms with E-state index in [0.29, 0.717) is 0 Å². The summed E-state index contributed by atoms with van der Waals surface area (Å²) in [5.74, 6) is 8.69. The van der Waals surface area contributed by atoms with Gasteiger partial charge < -0.3 is 0 Å². The van der Waals surface area contributed by atoms with Gasteiger partial charge in [-0.3, -0.25) is 0 Å². The molecular weight excluding hydrogens is 372 g/mol. The standard InChI is InChI=1S/C31H56/c1-3-24-8-7-9-29(20-24)22-27-14-12-25(13-15-27)21-26-16-18-28(19-17-26)23-31-11-6-5-10-30(31)4-2/h24-31H,3-23H2,1-2H3. The van der Waals surface area contributed by atoms with Crippen LogP contribution in [0.1, 0.15) is 149 Å². The predicted molar refractivity (Wildman–Crippen MR) is 136 cm³/mol. The van der Waals surface area contributed by atoms with Gasteiger partial charge in [-0.05, 0) is 73.0 Å². The van der Waals surface area contributed by atoms with Gasteiger partial charge in [-0.1, -0.05) is 123 Å². The fraction of sp³-hybridized carbons (Fsp3) is 1.00. The molecular formula is C31H56. The van der Waals surface area contributed by atoms with Crippen molar-refractivity contribution in [3.8, 4) is 0 Å². The fourth-order valence-corrected chi connectivity index (χ4v) is 8.90. The van der Waals surface area contributed by atoms with Gasteiger partial charge in [0.25, 0.3) is 0 Å². The van der Waals surface area contributed by atoms with E-state index in [9.17, 15) is 0 Å². The Hall–Kier alpha value is 0. The molecule has 4 saturated carbocycles. The van der Waals surface area contributed by atoms with Crippen LogP contribution in [0.25, 0.3) is 0 Å². The third kappa shape index (κ3) is 7.24. The maximum atomic E-state index is 2.45. The van der Waals surface area contributed by atoms with Crippen molar-refractivity contribution in [2.24, 2.45) is 47.3 Å². The van der Waals surface area contributed by atoms with E-state index in [0.717, 1.165) is 47.3 Å². The molecule has 0 saturated heterocycles. The zero-order chi connectivity index (χ0) is 21.5. The van der Waals surface area contributed by atoms with Gasteiger partial charge in [0.05, 0.1) is 0 Å². The van der Waals surface area contributed by atoms with Gasteiger partial charge in [0.1, 0.15) is 0 Å². The molecule has 0 amide bonds. The highest BCUT2D eigenvalue weighted by Crippen LogP contribution is 2.44. The SMILES string of the molecule is CCC1CCCC(CC2CCC(CC3CCC(CC4CCCCC4CC)CC3)CC2)C1. The van der Waals surface area contributed by atoms with Gasteiger partial charge in [-0.15, -0.1) is 0 Å². The highest BCUT2D eigenvalue weighted by atomic mass is 14.4. The van der Waals surface area contributed by atoms with Crippen molar-refractivity contribution in [1.82, 2.24) is 0 Å². The molecule has 0 heteroatoms. The number of rotatable bonds is 8. The molecule has 0 aromatic carbocycles. The van der Waals surface area contributed by atoms with Gasteiger partial charge in [0, 0.05) is 0 Å². The molecule has 4 unspecified atom stereocenters. The average molecular weight is 429 g/mol. The molecule has 0 aromatic heterocycles. The summed E-state index contributed by atoms with van der Waals surface area (Å²) in [7, 11) is 0. The lowest BCUT2D eigenvalue weighted by molar-refractivity contribution is 0.139. The number of hydrogen-bond donors (Lipinski definition) is 0. The Bertz CT molecular complexity index is 478. The minimum Gasteiger partial charge on any atom is -0.0651 e. The van der Waals surface area contributed by atoms with Crippen LogP contribution >= 0.6 is 0 Å². The Labute approximate surface area is 196 Å². The molecule has 4 rings (SSSR count). The topological polar surface area (TPSA) is 0 Å². The first-order valence-electron chi connectivity index (χ1n) is 15.2. The summed E-state index contributed by atoms with van der Waals surface area (Å²) in [6, 6.07) is 0. The maximum absolute atomic E-state index is 2.45. The van der Waals surface area contributed by atoms with E-state index < -0.39 is 0 Å². The largest absolute Gasteiger partial charge is 0.0651 e. The summed E-state index contributed by atoms with van der Waals surface area (Å²) in [6.07, 6.45) is 32.6. The van der Waals surface area contributed by atoms with Crippen LogP contribution in [0.4, 0.5) is 0 Å². The Kier molecular flexibility index (Phi) is 9.70. The Morgan fingerprint density at radius 2 is 0.871 bits per heavy atom. The van der Waals surface area contributed by atoms with Crippen molar-refractivity contribution in [3.63, 3.8) is 0 Å². The van der Waals surface area contributed by atoms with E-state index in [-0.39, 0.29) is 0 Å². The quantitative estimate of drug-likeness (QED) is 0.360. The third-order valence-corrected chi connectivity index (χ3v) is 11.0. The van der Waals surface area contributed by atoms with E-state index >= 15 is 0 Å². The first kappa shape index (κ1) is 24.1. The van der Waals surface area contributed by atoms with Crippen molar-refractivity contribution < 1.29 is 0 Å². The van der Waals surface area contributed by atoms with Gasteiger partial charge in [-0.2, -0.15) is 0 Å². The Morgan fingerprint density at radius 1 is 0.387 bits per heavy atom. The van der Waals surface area contributed by atoms with Crippen molar-refractivity contribution >= 4 is 0 Å². The summed E-state index contributed by atoms with van der Waals surface area (Å²) in [5.41, 5.74) is 0. The molecule has 0 radical (unpaired) electrons. The molecule has 180 valence electrons. The minimum atomic E-state index is 1.07. The van der Waals surface area contributed by atoms with Crippen LogP contribution < -0.4 is 0 Å². The smallest absolute Gasteiger partial charge is 0.0383 e. The Balaban J connectivity index is 1.10. The third-order valence-electron chi connectivity index (χ3n) is 11.0. The van der Waals surface area contributed by atoms with Crippen molar-refractivity contribution in [2.45, 2.75) is 149 Å². The summed E-state index contributed by atoms with van der Waals surface area (Å²) in [5, 5.41) is 0. The van der Waals surface area contributed by atoms with Crippen LogP contribution in [0.3, 0.4) is 0 Å². The lowest BCUT2D eigenvalue weighted by Gasteiger charge is -2.38. The zero-order valence-corrected chi connectivity index (χ0v) is 21.5. The van der Waals surface area contributed by atoms with Crippen LogP contribution in [0.2, 0.25) is 0 Å². The van der Waals surface area contributed by atoms with E-state index in [1.165, 1.54) is 38.5 Å². The first-order valence-corrected chi connectivity index (χ1v) is 15.2. The lowest BCUT2D eigenvalue weighted by atomic mass is 9.68. The highest BCUT2D eigenvalue weighted by molar-refractivity contribution is 4.83. The summed E-state index contributed by atoms with van der Waals surface area (Å²) in [4.78, 5) is 0. The molecule has 4 aliphatic rings. The molecule has 0 aromatic rings. The van der Waals surface area contributed by atoms with Crippen LogP contribution in [-0.2, 0) is 0 Å². The molecule has 0 aliphatic heterocycles. The van der Waals surface area contributed by atoms with Crippen molar-refractivity contribution in [2.75, 3.05) is 0 Å². The van der Waals surface area contributed by atoms with E-state index in [1.54, 1.807) is 96.3 Å². The monoisotopic (exact) mass is 428 g/mol. The lowest BCUT2D eigenvalue weighted by Crippen LogP contribution is -2.25. The molecule has 0 bridgehead atoms. The predicted octanol–water partition coefficient (Wildman–Crippen LogP) is 10.2. The van der Waals surface area contributed by atoms with Crippen LogP contribution in [0, 0.1) is 47.3 Å². The zero-order valence-electron chi connectivity index (χ0n) is 21.5. The Morgan fingerprint density at radius 3 is 1.42 bits per heavy atom. The first-order chi connectivity index (χ1) is 15.2. The van der Waals surface area contributed by atoms with Gasteiger partial charge >= 0.3 is 0 Å². The molecule has 31 heavy (non-hydrogen) atoms. The van der Waals surface area contributed by atoms with Crippen LogP contribution in [0.5, 0.6) is 0 Å². The summed E-state index contributed by atoms with van der Waals surface area (Å²) < 4.78 is 0. The molecule has 0 N–H and O–H groups in total. The van der Waals surface area contributed by atoms with Gasteiger partial charge in [0.15, 0.2) is 0 Å². The summed E-state index contributed by atoms with van der Waals surface area (Å²) in [6.45, 7) is 4.87. The van der Waals surface area contributed by atoms with Crippen LogP contribution in [-0.4, -0.2) is 0 Å². The molecule has 0 nitrogen and oxygen atoms in total. The second kappa shape index (κ2) is 12.5. The van der Waals surface area contributed by atoms with Crippen molar-refractivity contribution in [1.29, 1.82) is 0 Å². The van der Waals surface area contributed by atoms with E-state index in [2.05, 4.69) is 13.8 Å². The number of hydrogen-bond acceptors (Lipinski definition) is 0. The van der Waals surface area contributed by atoms with Crippen LogP contribution in [0.15, 0.2) is 0 Å². The molecule has 0 spiro atoms. The minimum absolute atomic E-state index is 1.07. The van der Waals surface area contributed by atoms with E-state index in [1.807, 2.05) is 0 Å². The summed E-state index contributed by atoms with van der Waals surface area (Å²) >= 11 is 0. The normalized spacial score (nSPS) is 42.4. The fourth-order valence-electron chi connectivity index (χ4n) is 8.90. The van der Waals surface area contributed by atoms with Gasteiger partial charge in [-0.25, -0.2) is 0 Å². The van der Waals surface area contributed by atoms with Crippen molar-refractivity contribution in [3.05, 3.63) is 0 Å². The van der Waals surface area contributed by atoms with E-state index in [4.69, 9.17) is 0 Å². The van der Waals surface area contributed by atoms with Gasteiger partial charge in [0.2, 0.25) is 0 Å². The molecule has 4 aliphatic carbocycles. The second-order valence-electron chi connectivity index (χ2n) is 13.0. The highest BCUT2D eigenvalue weighted by Gasteiger charge is 2.31. The molecule has 4 atom stereocenters. The second-order valence-corrected chi connectivity index (χ2v) is 13.0. The maximum Gasteiger partial charge on any atom is -0.0383 e.